The predicted octanol–water partition coefficient (Wildman–Crippen LogP) is 2.91. The lowest BCUT2D eigenvalue weighted by Gasteiger charge is -2.44. The average Bonchev–Trinajstić information content (AvgIpc) is 3.68. The van der Waals surface area contributed by atoms with E-state index in [1.807, 2.05) is 55.5 Å². The fraction of sp³-hybridized carbons (Fsp3) is 0.379. The van der Waals surface area contributed by atoms with Gasteiger partial charge in [0.2, 0.25) is 5.91 Å². The molecule has 1 aliphatic carbocycles. The Labute approximate surface area is 227 Å². The van der Waals surface area contributed by atoms with Crippen LogP contribution in [0.4, 0.5) is 0 Å². The second-order valence-electron chi connectivity index (χ2n) is 10.0. The minimum absolute atomic E-state index is 0.0528. The van der Waals surface area contributed by atoms with Crippen molar-refractivity contribution in [3.8, 4) is 11.5 Å². The molecule has 0 radical (unpaired) electrons. The first-order chi connectivity index (χ1) is 18.9. The minimum atomic E-state index is -1.13. The number of hydrogen-bond donors (Lipinski definition) is 2. The average molecular weight is 532 g/mol. The van der Waals surface area contributed by atoms with E-state index < -0.39 is 11.4 Å². The van der Waals surface area contributed by atoms with Crippen molar-refractivity contribution < 1.29 is 23.9 Å². The van der Waals surface area contributed by atoms with E-state index in [2.05, 4.69) is 15.6 Å². The van der Waals surface area contributed by atoms with Gasteiger partial charge in [0.15, 0.2) is 5.69 Å². The molecule has 0 bridgehead atoms. The number of methoxy groups -OCH3 is 1. The van der Waals surface area contributed by atoms with E-state index in [0.29, 0.717) is 12.4 Å². The monoisotopic (exact) mass is 531 g/mol. The highest BCUT2D eigenvalue weighted by Crippen LogP contribution is 2.39. The second kappa shape index (κ2) is 10.8. The molecule has 204 valence electrons. The number of fused-ring (bicyclic) bond motifs is 1. The standard InChI is InChI=1S/C29H33N5O5/c1-4-39-22-13-9-19(10-14-22)15-30-26(35)24-25-27(36)34(21-11-12-21)29(2,17-33(25)18-32-24)28(37)31-16-20-7-5-6-8-23(20)38-3/h5-10,13-14,18,21H,4,11-12,15-17H2,1-3H3,(H,30,35)(H,31,37)/t29-/m1/s1. The maximum Gasteiger partial charge on any atom is 0.274 e. The molecule has 10 heteroatoms. The first-order valence-electron chi connectivity index (χ1n) is 13.1. The number of aromatic nitrogens is 2. The summed E-state index contributed by atoms with van der Waals surface area (Å²) in [7, 11) is 1.59. The smallest absolute Gasteiger partial charge is 0.274 e. The molecule has 1 atom stereocenters. The molecule has 0 spiro atoms. The Bertz CT molecular complexity index is 1380. The summed E-state index contributed by atoms with van der Waals surface area (Å²) in [6, 6.07) is 14.9. The SMILES string of the molecule is CCOc1ccc(CNC(=O)c2ncn3c2C(=O)N(C2CC2)[C@@](C)(C(=O)NCc2ccccc2OC)C3)cc1. The number of amides is 3. The van der Waals surface area contributed by atoms with Crippen LogP contribution < -0.4 is 20.1 Å². The van der Waals surface area contributed by atoms with Crippen molar-refractivity contribution >= 4 is 17.7 Å². The van der Waals surface area contributed by atoms with Gasteiger partial charge < -0.3 is 29.6 Å². The minimum Gasteiger partial charge on any atom is -0.496 e. The molecule has 1 aromatic heterocycles. The summed E-state index contributed by atoms with van der Waals surface area (Å²) in [6.45, 7) is 5.01. The number of imidazole rings is 1. The maximum atomic E-state index is 13.8. The summed E-state index contributed by atoms with van der Waals surface area (Å²) >= 11 is 0. The maximum absolute atomic E-state index is 13.8. The number of nitrogens with zero attached hydrogens (tertiary/aromatic N) is 3. The molecule has 1 aliphatic heterocycles. The van der Waals surface area contributed by atoms with E-state index in [1.165, 1.54) is 6.33 Å². The Morgan fingerprint density at radius 3 is 2.51 bits per heavy atom. The van der Waals surface area contributed by atoms with Gasteiger partial charge in [-0.15, -0.1) is 0 Å². The van der Waals surface area contributed by atoms with E-state index in [0.717, 1.165) is 29.7 Å². The molecular weight excluding hydrogens is 498 g/mol. The van der Waals surface area contributed by atoms with E-state index in [4.69, 9.17) is 9.47 Å². The number of hydrogen-bond acceptors (Lipinski definition) is 6. The Balaban J connectivity index is 1.32. The summed E-state index contributed by atoms with van der Waals surface area (Å²) in [5.41, 5.74) is 0.871. The van der Waals surface area contributed by atoms with Crippen LogP contribution in [0, 0.1) is 0 Å². The van der Waals surface area contributed by atoms with Gasteiger partial charge in [0, 0.05) is 24.7 Å². The molecule has 1 fully saturated rings. The molecule has 5 rings (SSSR count). The van der Waals surface area contributed by atoms with Gasteiger partial charge >= 0.3 is 0 Å². The van der Waals surface area contributed by atoms with E-state index in [1.54, 1.807) is 23.5 Å². The molecule has 3 aromatic rings. The van der Waals surface area contributed by atoms with Gasteiger partial charge in [-0.3, -0.25) is 14.4 Å². The van der Waals surface area contributed by atoms with Crippen LogP contribution in [0.25, 0.3) is 0 Å². The number of benzene rings is 2. The fourth-order valence-electron chi connectivity index (χ4n) is 5.07. The zero-order chi connectivity index (χ0) is 27.6. The van der Waals surface area contributed by atoms with Crippen LogP contribution >= 0.6 is 0 Å². The topological polar surface area (TPSA) is 115 Å². The van der Waals surface area contributed by atoms with Crippen molar-refractivity contribution in [3.05, 3.63) is 77.4 Å². The first kappa shape index (κ1) is 26.3. The van der Waals surface area contributed by atoms with E-state index in [-0.39, 0.29) is 48.9 Å². The Hall–Kier alpha value is -4.34. The molecule has 2 aromatic carbocycles. The van der Waals surface area contributed by atoms with Gasteiger partial charge in [0.05, 0.1) is 26.6 Å². The van der Waals surface area contributed by atoms with Crippen LogP contribution in [0.15, 0.2) is 54.9 Å². The van der Waals surface area contributed by atoms with Gasteiger partial charge in [-0.05, 0) is 50.5 Å². The van der Waals surface area contributed by atoms with Crippen molar-refractivity contribution in [1.29, 1.82) is 0 Å². The van der Waals surface area contributed by atoms with Crippen LogP contribution in [0.1, 0.15) is 58.8 Å². The Morgan fingerprint density at radius 1 is 1.08 bits per heavy atom. The third kappa shape index (κ3) is 5.19. The Morgan fingerprint density at radius 2 is 1.82 bits per heavy atom. The van der Waals surface area contributed by atoms with Gasteiger partial charge in [-0.1, -0.05) is 30.3 Å². The van der Waals surface area contributed by atoms with Gasteiger partial charge in [-0.2, -0.15) is 0 Å². The fourth-order valence-corrected chi connectivity index (χ4v) is 5.07. The van der Waals surface area contributed by atoms with E-state index >= 15 is 0 Å². The van der Waals surface area contributed by atoms with Crippen LogP contribution in [-0.2, 0) is 24.4 Å². The van der Waals surface area contributed by atoms with Crippen LogP contribution in [-0.4, -0.2) is 57.5 Å². The predicted molar refractivity (Wildman–Crippen MR) is 143 cm³/mol. The molecule has 10 nitrogen and oxygen atoms in total. The lowest BCUT2D eigenvalue weighted by Crippen LogP contribution is -2.64. The van der Waals surface area contributed by atoms with Crippen molar-refractivity contribution in [2.24, 2.45) is 0 Å². The highest BCUT2D eigenvalue weighted by Gasteiger charge is 2.53. The molecule has 2 N–H and O–H groups in total. The molecular formula is C29H33N5O5. The Kier molecular flexibility index (Phi) is 7.28. The number of para-hydroxylation sites is 1. The number of rotatable bonds is 10. The molecule has 0 saturated heterocycles. The lowest BCUT2D eigenvalue weighted by molar-refractivity contribution is -0.133. The van der Waals surface area contributed by atoms with Gasteiger partial charge in [0.25, 0.3) is 11.8 Å². The molecule has 2 heterocycles. The number of nitrogens with one attached hydrogen (secondary N) is 2. The quantitative estimate of drug-likeness (QED) is 0.416. The normalized spacial score (nSPS) is 18.3. The number of carbonyl (C=O) groups is 3. The number of ether oxygens (including phenoxy) is 2. The summed E-state index contributed by atoms with van der Waals surface area (Å²) in [4.78, 5) is 46.4. The van der Waals surface area contributed by atoms with Crippen molar-refractivity contribution in [1.82, 2.24) is 25.1 Å². The zero-order valence-electron chi connectivity index (χ0n) is 22.4. The van der Waals surface area contributed by atoms with Crippen molar-refractivity contribution in [2.45, 2.75) is 57.9 Å². The van der Waals surface area contributed by atoms with E-state index in [9.17, 15) is 14.4 Å². The highest BCUT2D eigenvalue weighted by atomic mass is 16.5. The molecule has 1 saturated carbocycles. The molecule has 39 heavy (non-hydrogen) atoms. The van der Waals surface area contributed by atoms with Crippen LogP contribution in [0.2, 0.25) is 0 Å². The summed E-state index contributed by atoms with van der Waals surface area (Å²) in [5, 5.41) is 5.85. The molecule has 2 aliphatic rings. The summed E-state index contributed by atoms with van der Waals surface area (Å²) in [5.74, 6) is 0.374. The van der Waals surface area contributed by atoms with Crippen LogP contribution in [0.5, 0.6) is 11.5 Å². The van der Waals surface area contributed by atoms with Gasteiger partial charge in [-0.25, -0.2) is 4.98 Å². The van der Waals surface area contributed by atoms with Gasteiger partial charge in [0.1, 0.15) is 22.7 Å². The van der Waals surface area contributed by atoms with Crippen molar-refractivity contribution in [3.63, 3.8) is 0 Å². The first-order valence-corrected chi connectivity index (χ1v) is 13.1. The summed E-state index contributed by atoms with van der Waals surface area (Å²) < 4.78 is 12.5. The van der Waals surface area contributed by atoms with Crippen LogP contribution in [0.3, 0.4) is 0 Å². The highest BCUT2D eigenvalue weighted by molar-refractivity contribution is 6.07. The largest absolute Gasteiger partial charge is 0.496 e. The molecule has 3 amide bonds. The lowest BCUT2D eigenvalue weighted by atomic mass is 9.93. The number of carbonyl (C=O) groups excluding carboxylic acids is 3. The third-order valence-corrected chi connectivity index (χ3v) is 7.20. The third-order valence-electron chi connectivity index (χ3n) is 7.20. The zero-order valence-corrected chi connectivity index (χ0v) is 22.4. The summed E-state index contributed by atoms with van der Waals surface area (Å²) in [6.07, 6.45) is 3.10. The second-order valence-corrected chi connectivity index (χ2v) is 10.0. The van der Waals surface area contributed by atoms with Crippen molar-refractivity contribution in [2.75, 3.05) is 13.7 Å². The molecule has 0 unspecified atom stereocenters.